The molecule has 0 spiro atoms. The minimum atomic E-state index is 0.163. The van der Waals surface area contributed by atoms with Crippen molar-refractivity contribution in [1.82, 2.24) is 19.9 Å². The van der Waals surface area contributed by atoms with Gasteiger partial charge < -0.3 is 4.90 Å². The van der Waals surface area contributed by atoms with Crippen LogP contribution in [0.25, 0.3) is 11.0 Å². The van der Waals surface area contributed by atoms with Gasteiger partial charge in [0.1, 0.15) is 5.82 Å². The van der Waals surface area contributed by atoms with E-state index in [1.807, 2.05) is 11.0 Å². The molecular formula is C17H22N4O. The zero-order valence-electron chi connectivity index (χ0n) is 13.4. The minimum absolute atomic E-state index is 0.163. The van der Waals surface area contributed by atoms with Crippen LogP contribution >= 0.6 is 0 Å². The molecule has 5 nitrogen and oxygen atoms in total. The van der Waals surface area contributed by atoms with Gasteiger partial charge in [0.25, 0.3) is 0 Å². The summed E-state index contributed by atoms with van der Waals surface area (Å²) in [5.74, 6) is 1.68. The van der Waals surface area contributed by atoms with Crippen molar-refractivity contribution in [2.75, 3.05) is 13.1 Å². The molecule has 22 heavy (non-hydrogen) atoms. The number of hydrogen-bond acceptors (Lipinski definition) is 4. The second-order valence-electron chi connectivity index (χ2n) is 6.28. The molecule has 1 aliphatic rings. The smallest absolute Gasteiger partial charge is 0.219 e. The van der Waals surface area contributed by atoms with Gasteiger partial charge in [-0.15, -0.1) is 0 Å². The molecule has 0 aliphatic carbocycles. The molecule has 0 unspecified atom stereocenters. The SMILES string of the molecule is CC(=O)N1CCC(c2nc(C(C)C)nc3ncccc23)CC1. The topological polar surface area (TPSA) is 59.0 Å². The Kier molecular flexibility index (Phi) is 4.05. The van der Waals surface area contributed by atoms with Crippen molar-refractivity contribution in [1.29, 1.82) is 0 Å². The summed E-state index contributed by atoms with van der Waals surface area (Å²) in [5.41, 5.74) is 1.88. The molecule has 0 aromatic carbocycles. The Labute approximate surface area is 130 Å². The fourth-order valence-electron chi connectivity index (χ4n) is 3.04. The molecule has 3 heterocycles. The van der Waals surface area contributed by atoms with Gasteiger partial charge in [0.2, 0.25) is 5.91 Å². The third kappa shape index (κ3) is 2.80. The van der Waals surface area contributed by atoms with Gasteiger partial charge in [0.15, 0.2) is 5.65 Å². The lowest BCUT2D eigenvalue weighted by Gasteiger charge is -2.31. The molecule has 5 heteroatoms. The summed E-state index contributed by atoms with van der Waals surface area (Å²) in [6.45, 7) is 7.46. The number of fused-ring (bicyclic) bond motifs is 1. The van der Waals surface area contributed by atoms with Crippen LogP contribution in [0, 0.1) is 0 Å². The first-order valence-corrected chi connectivity index (χ1v) is 7.94. The maximum atomic E-state index is 11.5. The number of pyridine rings is 1. The van der Waals surface area contributed by atoms with Crippen molar-refractivity contribution >= 4 is 16.9 Å². The van der Waals surface area contributed by atoms with Gasteiger partial charge in [-0.1, -0.05) is 13.8 Å². The normalized spacial score (nSPS) is 16.5. The van der Waals surface area contributed by atoms with Crippen molar-refractivity contribution in [3.05, 3.63) is 29.8 Å². The first-order chi connectivity index (χ1) is 10.6. The van der Waals surface area contributed by atoms with E-state index in [2.05, 4.69) is 29.9 Å². The summed E-state index contributed by atoms with van der Waals surface area (Å²) in [7, 11) is 0. The molecule has 1 aliphatic heterocycles. The Morgan fingerprint density at radius 1 is 1.27 bits per heavy atom. The molecule has 1 fully saturated rings. The standard InChI is InChI=1S/C17H22N4O/c1-11(2)16-19-15(14-5-4-8-18-17(14)20-16)13-6-9-21(10-7-13)12(3)22/h4-5,8,11,13H,6-7,9-10H2,1-3H3. The summed E-state index contributed by atoms with van der Waals surface area (Å²) in [6.07, 6.45) is 3.69. The van der Waals surface area contributed by atoms with Crippen LogP contribution in [-0.2, 0) is 4.79 Å². The lowest BCUT2D eigenvalue weighted by molar-refractivity contribution is -0.129. The maximum absolute atomic E-state index is 11.5. The molecule has 0 atom stereocenters. The number of rotatable bonds is 2. The fourth-order valence-corrected chi connectivity index (χ4v) is 3.04. The quantitative estimate of drug-likeness (QED) is 0.855. The minimum Gasteiger partial charge on any atom is -0.343 e. The molecule has 3 rings (SSSR count). The van der Waals surface area contributed by atoms with Gasteiger partial charge >= 0.3 is 0 Å². The highest BCUT2D eigenvalue weighted by atomic mass is 16.2. The van der Waals surface area contributed by atoms with Crippen molar-refractivity contribution < 1.29 is 4.79 Å². The second-order valence-corrected chi connectivity index (χ2v) is 6.28. The zero-order chi connectivity index (χ0) is 15.7. The summed E-state index contributed by atoms with van der Waals surface area (Å²) in [6, 6.07) is 3.99. The molecule has 0 N–H and O–H groups in total. The summed E-state index contributed by atoms with van der Waals surface area (Å²) in [5, 5.41) is 1.05. The van der Waals surface area contributed by atoms with E-state index in [0.717, 1.165) is 48.5 Å². The summed E-state index contributed by atoms with van der Waals surface area (Å²) in [4.78, 5) is 27.2. The molecule has 1 amide bonds. The molecule has 116 valence electrons. The Morgan fingerprint density at radius 3 is 2.64 bits per heavy atom. The van der Waals surface area contributed by atoms with Gasteiger partial charge in [-0.3, -0.25) is 4.79 Å². The van der Waals surface area contributed by atoms with E-state index in [4.69, 9.17) is 4.98 Å². The molecule has 0 bridgehead atoms. The second kappa shape index (κ2) is 5.99. The van der Waals surface area contributed by atoms with E-state index in [1.165, 1.54) is 0 Å². The van der Waals surface area contributed by atoms with E-state index >= 15 is 0 Å². The average molecular weight is 298 g/mol. The number of carbonyl (C=O) groups is 1. The molecule has 1 saturated heterocycles. The van der Waals surface area contributed by atoms with Crippen LogP contribution < -0.4 is 0 Å². The largest absolute Gasteiger partial charge is 0.343 e. The number of aromatic nitrogens is 3. The van der Waals surface area contributed by atoms with Crippen LogP contribution in [0.3, 0.4) is 0 Å². The van der Waals surface area contributed by atoms with Crippen molar-refractivity contribution in [2.45, 2.75) is 45.4 Å². The number of hydrogen-bond donors (Lipinski definition) is 0. The van der Waals surface area contributed by atoms with E-state index in [9.17, 15) is 4.79 Å². The molecular weight excluding hydrogens is 276 g/mol. The predicted octanol–water partition coefficient (Wildman–Crippen LogP) is 2.87. The van der Waals surface area contributed by atoms with Crippen LogP contribution in [0.5, 0.6) is 0 Å². The number of amides is 1. The monoisotopic (exact) mass is 298 g/mol. The van der Waals surface area contributed by atoms with Gasteiger partial charge in [-0.2, -0.15) is 0 Å². The van der Waals surface area contributed by atoms with Gasteiger partial charge in [0.05, 0.1) is 5.69 Å². The van der Waals surface area contributed by atoms with Crippen molar-refractivity contribution in [2.24, 2.45) is 0 Å². The highest BCUT2D eigenvalue weighted by Gasteiger charge is 2.25. The van der Waals surface area contributed by atoms with E-state index in [1.54, 1.807) is 13.1 Å². The first kappa shape index (κ1) is 14.9. The lowest BCUT2D eigenvalue weighted by atomic mass is 9.91. The number of piperidine rings is 1. The highest BCUT2D eigenvalue weighted by molar-refractivity contribution is 5.78. The Morgan fingerprint density at radius 2 is 2.00 bits per heavy atom. The van der Waals surface area contributed by atoms with Crippen molar-refractivity contribution in [3.63, 3.8) is 0 Å². The van der Waals surface area contributed by atoms with E-state index in [-0.39, 0.29) is 11.8 Å². The number of carbonyl (C=O) groups excluding carboxylic acids is 1. The summed E-state index contributed by atoms with van der Waals surface area (Å²) >= 11 is 0. The Bertz CT molecular complexity index is 690. The van der Waals surface area contributed by atoms with E-state index in [0.29, 0.717) is 5.92 Å². The zero-order valence-corrected chi connectivity index (χ0v) is 13.4. The van der Waals surface area contributed by atoms with Gasteiger partial charge in [-0.25, -0.2) is 15.0 Å². The predicted molar refractivity (Wildman–Crippen MR) is 85.7 cm³/mol. The molecule has 0 saturated carbocycles. The third-order valence-electron chi connectivity index (χ3n) is 4.36. The van der Waals surface area contributed by atoms with Gasteiger partial charge in [-0.05, 0) is 25.0 Å². The number of likely N-dealkylation sites (tertiary alicyclic amines) is 1. The van der Waals surface area contributed by atoms with Crippen LogP contribution in [0.15, 0.2) is 18.3 Å². The van der Waals surface area contributed by atoms with Crippen LogP contribution in [-0.4, -0.2) is 38.8 Å². The average Bonchev–Trinajstić information content (AvgIpc) is 2.53. The van der Waals surface area contributed by atoms with Crippen LogP contribution in [0.1, 0.15) is 57.0 Å². The third-order valence-corrected chi connectivity index (χ3v) is 4.36. The Hall–Kier alpha value is -2.04. The van der Waals surface area contributed by atoms with Gasteiger partial charge in [0, 0.05) is 43.4 Å². The Balaban J connectivity index is 1.97. The molecule has 2 aromatic heterocycles. The first-order valence-electron chi connectivity index (χ1n) is 7.94. The lowest BCUT2D eigenvalue weighted by Crippen LogP contribution is -2.36. The van der Waals surface area contributed by atoms with Crippen LogP contribution in [0.4, 0.5) is 0 Å². The number of nitrogens with zero attached hydrogens (tertiary/aromatic N) is 4. The molecule has 2 aromatic rings. The molecule has 0 radical (unpaired) electrons. The van der Waals surface area contributed by atoms with Crippen LogP contribution in [0.2, 0.25) is 0 Å². The van der Waals surface area contributed by atoms with E-state index < -0.39 is 0 Å². The maximum Gasteiger partial charge on any atom is 0.219 e. The summed E-state index contributed by atoms with van der Waals surface area (Å²) < 4.78 is 0. The fraction of sp³-hybridized carbons (Fsp3) is 0.529. The van der Waals surface area contributed by atoms with Crippen molar-refractivity contribution in [3.8, 4) is 0 Å². The highest BCUT2D eigenvalue weighted by Crippen LogP contribution is 2.31.